The quantitative estimate of drug-likeness (QED) is 0.786. The lowest BCUT2D eigenvalue weighted by Crippen LogP contribution is -2.13. The van der Waals surface area contributed by atoms with Crippen LogP contribution in [0.15, 0.2) is 42.6 Å². The van der Waals surface area contributed by atoms with Crippen LogP contribution in [-0.4, -0.2) is 4.98 Å². The van der Waals surface area contributed by atoms with Gasteiger partial charge < -0.3 is 10.3 Å². The molecule has 0 saturated carbocycles. The zero-order chi connectivity index (χ0) is 10.5. The van der Waals surface area contributed by atoms with Gasteiger partial charge in [0.05, 0.1) is 0 Å². The lowest BCUT2D eigenvalue weighted by molar-refractivity contribution is 0.586. The van der Waals surface area contributed by atoms with Crippen molar-refractivity contribution < 1.29 is 4.39 Å². The molecule has 0 unspecified atom stereocenters. The van der Waals surface area contributed by atoms with Crippen LogP contribution in [0, 0.1) is 5.82 Å². The third kappa shape index (κ3) is 2.67. The molecule has 1 heterocycles. The summed E-state index contributed by atoms with van der Waals surface area (Å²) in [5, 5.41) is 3.17. The number of aromatic nitrogens is 1. The first-order valence-electron chi connectivity index (χ1n) is 4.92. The van der Waals surface area contributed by atoms with Gasteiger partial charge in [0.1, 0.15) is 5.82 Å². The highest BCUT2D eigenvalue weighted by molar-refractivity contribution is 5.17. The van der Waals surface area contributed by atoms with E-state index < -0.39 is 0 Å². The van der Waals surface area contributed by atoms with Crippen LogP contribution < -0.4 is 5.32 Å². The first kappa shape index (κ1) is 9.93. The van der Waals surface area contributed by atoms with Crippen LogP contribution in [0.25, 0.3) is 0 Å². The molecule has 3 heteroatoms. The minimum atomic E-state index is -0.156. The average Bonchev–Trinajstić information content (AvgIpc) is 2.74. The molecule has 0 bridgehead atoms. The number of rotatable bonds is 4. The summed E-state index contributed by atoms with van der Waals surface area (Å²) in [6.07, 6.45) is 1.88. The number of hydrogen-bond donors (Lipinski definition) is 2. The van der Waals surface area contributed by atoms with Gasteiger partial charge in [-0.05, 0) is 18.2 Å². The summed E-state index contributed by atoms with van der Waals surface area (Å²) in [5.74, 6) is -0.156. The number of nitrogens with one attached hydrogen (secondary N) is 2. The monoisotopic (exact) mass is 204 g/mol. The largest absolute Gasteiger partial charge is 0.364 e. The maximum atomic E-state index is 13.2. The third-order valence-corrected chi connectivity index (χ3v) is 2.25. The van der Waals surface area contributed by atoms with Gasteiger partial charge in [-0.15, -0.1) is 0 Å². The van der Waals surface area contributed by atoms with Gasteiger partial charge in [0, 0.05) is 30.5 Å². The summed E-state index contributed by atoms with van der Waals surface area (Å²) in [5.41, 5.74) is 1.80. The van der Waals surface area contributed by atoms with Crippen LogP contribution in [0.2, 0.25) is 0 Å². The molecule has 0 amide bonds. The zero-order valence-electron chi connectivity index (χ0n) is 8.33. The summed E-state index contributed by atoms with van der Waals surface area (Å²) in [6, 6.07) is 10.7. The average molecular weight is 204 g/mol. The van der Waals surface area contributed by atoms with Crippen LogP contribution in [0.5, 0.6) is 0 Å². The molecule has 0 aliphatic carbocycles. The molecule has 0 spiro atoms. The molecule has 1 aromatic carbocycles. The highest BCUT2D eigenvalue weighted by Gasteiger charge is 1.99. The first-order valence-corrected chi connectivity index (χ1v) is 4.92. The molecule has 0 atom stereocenters. The number of benzene rings is 1. The molecule has 0 aliphatic heterocycles. The van der Waals surface area contributed by atoms with E-state index in [1.54, 1.807) is 12.1 Å². The fourth-order valence-corrected chi connectivity index (χ4v) is 1.45. The minimum absolute atomic E-state index is 0.156. The summed E-state index contributed by atoms with van der Waals surface area (Å²) in [6.45, 7) is 1.27. The second-order valence-corrected chi connectivity index (χ2v) is 3.39. The fourth-order valence-electron chi connectivity index (χ4n) is 1.45. The van der Waals surface area contributed by atoms with Crippen molar-refractivity contribution in [3.63, 3.8) is 0 Å². The van der Waals surface area contributed by atoms with Crippen molar-refractivity contribution in [2.75, 3.05) is 0 Å². The van der Waals surface area contributed by atoms with Gasteiger partial charge in [0.15, 0.2) is 0 Å². The molecule has 2 N–H and O–H groups in total. The molecule has 2 aromatic rings. The Morgan fingerprint density at radius 1 is 1.07 bits per heavy atom. The standard InChI is InChI=1S/C12H13FN2/c13-12-6-2-1-4-10(12)8-14-9-11-5-3-7-15-11/h1-7,14-15H,8-9H2. The number of hydrogen-bond acceptors (Lipinski definition) is 1. The van der Waals surface area contributed by atoms with E-state index in [1.165, 1.54) is 6.07 Å². The van der Waals surface area contributed by atoms with Crippen LogP contribution in [0.4, 0.5) is 4.39 Å². The van der Waals surface area contributed by atoms with Crippen molar-refractivity contribution in [1.82, 2.24) is 10.3 Å². The van der Waals surface area contributed by atoms with E-state index in [-0.39, 0.29) is 5.82 Å². The minimum Gasteiger partial charge on any atom is -0.364 e. The van der Waals surface area contributed by atoms with E-state index in [0.717, 1.165) is 12.2 Å². The molecule has 15 heavy (non-hydrogen) atoms. The van der Waals surface area contributed by atoms with E-state index in [9.17, 15) is 4.39 Å². The van der Waals surface area contributed by atoms with Crippen molar-refractivity contribution in [3.8, 4) is 0 Å². The predicted octanol–water partition coefficient (Wildman–Crippen LogP) is 2.44. The van der Waals surface area contributed by atoms with E-state index >= 15 is 0 Å². The summed E-state index contributed by atoms with van der Waals surface area (Å²) >= 11 is 0. The van der Waals surface area contributed by atoms with Gasteiger partial charge in [0.2, 0.25) is 0 Å². The lowest BCUT2D eigenvalue weighted by atomic mass is 10.2. The Hall–Kier alpha value is -1.61. The maximum absolute atomic E-state index is 13.2. The Bertz CT molecular complexity index is 409. The maximum Gasteiger partial charge on any atom is 0.127 e. The van der Waals surface area contributed by atoms with Crippen molar-refractivity contribution in [1.29, 1.82) is 0 Å². The molecule has 0 saturated heterocycles. The highest BCUT2D eigenvalue weighted by Crippen LogP contribution is 2.05. The molecular weight excluding hydrogens is 191 g/mol. The molecule has 2 rings (SSSR count). The Morgan fingerprint density at radius 2 is 1.93 bits per heavy atom. The Morgan fingerprint density at radius 3 is 2.67 bits per heavy atom. The van der Waals surface area contributed by atoms with Gasteiger partial charge in [0.25, 0.3) is 0 Å². The third-order valence-electron chi connectivity index (χ3n) is 2.25. The smallest absolute Gasteiger partial charge is 0.127 e. The second-order valence-electron chi connectivity index (χ2n) is 3.39. The van der Waals surface area contributed by atoms with Gasteiger partial charge in [-0.1, -0.05) is 18.2 Å². The van der Waals surface area contributed by atoms with Gasteiger partial charge >= 0.3 is 0 Å². The topological polar surface area (TPSA) is 27.8 Å². The van der Waals surface area contributed by atoms with Gasteiger partial charge in [-0.3, -0.25) is 0 Å². The number of halogens is 1. The summed E-state index contributed by atoms with van der Waals surface area (Å²) in [4.78, 5) is 3.08. The molecule has 0 aliphatic rings. The van der Waals surface area contributed by atoms with Crippen molar-refractivity contribution in [3.05, 3.63) is 59.7 Å². The lowest BCUT2D eigenvalue weighted by Gasteiger charge is -2.04. The highest BCUT2D eigenvalue weighted by atomic mass is 19.1. The molecule has 1 aromatic heterocycles. The molecule has 78 valence electrons. The van der Waals surface area contributed by atoms with Gasteiger partial charge in [-0.2, -0.15) is 0 Å². The van der Waals surface area contributed by atoms with Crippen molar-refractivity contribution in [2.24, 2.45) is 0 Å². The Labute approximate surface area is 88.1 Å². The molecular formula is C12H13FN2. The SMILES string of the molecule is Fc1ccccc1CNCc1ccc[nH]1. The number of H-pyrrole nitrogens is 1. The van der Waals surface area contributed by atoms with Crippen molar-refractivity contribution >= 4 is 0 Å². The van der Waals surface area contributed by atoms with Crippen LogP contribution in [-0.2, 0) is 13.1 Å². The van der Waals surface area contributed by atoms with Gasteiger partial charge in [-0.25, -0.2) is 4.39 Å². The van der Waals surface area contributed by atoms with Crippen molar-refractivity contribution in [2.45, 2.75) is 13.1 Å². The second kappa shape index (κ2) is 4.75. The predicted molar refractivity (Wildman–Crippen MR) is 57.7 cm³/mol. The van der Waals surface area contributed by atoms with E-state index in [1.807, 2.05) is 24.4 Å². The number of aromatic amines is 1. The van der Waals surface area contributed by atoms with Crippen LogP contribution in [0.3, 0.4) is 0 Å². The molecule has 0 radical (unpaired) electrons. The first-order chi connectivity index (χ1) is 7.36. The Kier molecular flexibility index (Phi) is 3.15. The summed E-state index contributed by atoms with van der Waals surface area (Å²) in [7, 11) is 0. The van der Waals surface area contributed by atoms with E-state index in [0.29, 0.717) is 12.1 Å². The van der Waals surface area contributed by atoms with Crippen LogP contribution >= 0.6 is 0 Å². The fraction of sp³-hybridized carbons (Fsp3) is 0.167. The molecule has 0 fully saturated rings. The van der Waals surface area contributed by atoms with E-state index in [4.69, 9.17) is 0 Å². The van der Waals surface area contributed by atoms with E-state index in [2.05, 4.69) is 10.3 Å². The zero-order valence-corrected chi connectivity index (χ0v) is 8.33. The van der Waals surface area contributed by atoms with Crippen LogP contribution in [0.1, 0.15) is 11.3 Å². The Balaban J connectivity index is 1.86. The summed E-state index contributed by atoms with van der Waals surface area (Å²) < 4.78 is 13.2. The normalized spacial score (nSPS) is 10.5. The molecule has 2 nitrogen and oxygen atoms in total.